The highest BCUT2D eigenvalue weighted by Crippen LogP contribution is 2.34. The Kier molecular flexibility index (Phi) is 3.67. The molecule has 0 atom stereocenters. The van der Waals surface area contributed by atoms with Crippen molar-refractivity contribution < 1.29 is 8.42 Å². The minimum Gasteiger partial charge on any atom is -0.335 e. The molecule has 2 aromatic heterocycles. The standard InChI is InChI=1S/C15H16N4O2S2/c20-23(21,14-9-16-10-17-14)19-7-5-11(6-8-19)15-18-12-3-1-2-4-13(12)22-15/h1-4,9-11H,5-8H2,(H,16,17). The maximum absolute atomic E-state index is 12.5. The summed E-state index contributed by atoms with van der Waals surface area (Å²) in [6, 6.07) is 8.11. The lowest BCUT2D eigenvalue weighted by molar-refractivity contribution is 0.318. The van der Waals surface area contributed by atoms with Crippen LogP contribution in [-0.4, -0.2) is 40.8 Å². The predicted molar refractivity (Wildman–Crippen MR) is 88.9 cm³/mol. The number of piperidine rings is 1. The van der Waals surface area contributed by atoms with Crippen LogP contribution in [0.15, 0.2) is 41.8 Å². The summed E-state index contributed by atoms with van der Waals surface area (Å²) in [5.41, 5.74) is 1.03. The molecule has 0 radical (unpaired) electrons. The van der Waals surface area contributed by atoms with Crippen molar-refractivity contribution in [2.75, 3.05) is 13.1 Å². The van der Waals surface area contributed by atoms with Crippen molar-refractivity contribution in [3.8, 4) is 0 Å². The average molecular weight is 348 g/mol. The Morgan fingerprint density at radius 2 is 2.00 bits per heavy atom. The molecule has 1 aromatic carbocycles. The summed E-state index contributed by atoms with van der Waals surface area (Å²) in [5.74, 6) is 0.334. The van der Waals surface area contributed by atoms with Gasteiger partial charge in [-0.3, -0.25) is 0 Å². The second-order valence-corrected chi connectivity index (χ2v) is 8.58. The van der Waals surface area contributed by atoms with Crippen molar-refractivity contribution in [1.29, 1.82) is 0 Å². The van der Waals surface area contributed by atoms with Crippen LogP contribution in [-0.2, 0) is 10.0 Å². The maximum Gasteiger partial charge on any atom is 0.260 e. The lowest BCUT2D eigenvalue weighted by Gasteiger charge is -2.29. The number of nitrogens with zero attached hydrogens (tertiary/aromatic N) is 3. The third-order valence-corrected chi connectivity index (χ3v) is 7.23. The number of rotatable bonds is 3. The summed E-state index contributed by atoms with van der Waals surface area (Å²) >= 11 is 1.72. The summed E-state index contributed by atoms with van der Waals surface area (Å²) in [4.78, 5) is 11.2. The molecule has 120 valence electrons. The van der Waals surface area contributed by atoms with Gasteiger partial charge in [0.05, 0.1) is 27.7 Å². The van der Waals surface area contributed by atoms with Gasteiger partial charge in [-0.25, -0.2) is 18.4 Å². The van der Waals surface area contributed by atoms with Crippen LogP contribution in [0.1, 0.15) is 23.8 Å². The molecule has 1 fully saturated rings. The van der Waals surface area contributed by atoms with Gasteiger partial charge < -0.3 is 4.98 Å². The Bertz CT molecular complexity index is 877. The van der Waals surface area contributed by atoms with Crippen LogP contribution < -0.4 is 0 Å². The number of H-pyrrole nitrogens is 1. The third-order valence-electron chi connectivity index (χ3n) is 4.20. The van der Waals surface area contributed by atoms with E-state index in [0.29, 0.717) is 19.0 Å². The molecule has 0 spiro atoms. The van der Waals surface area contributed by atoms with E-state index in [1.54, 1.807) is 11.3 Å². The Morgan fingerprint density at radius 3 is 2.70 bits per heavy atom. The summed E-state index contributed by atoms with van der Waals surface area (Å²) < 4.78 is 27.7. The van der Waals surface area contributed by atoms with Gasteiger partial charge in [0.25, 0.3) is 10.0 Å². The Labute approximate surface area is 138 Å². The largest absolute Gasteiger partial charge is 0.335 e. The Hall–Kier alpha value is -1.77. The van der Waals surface area contributed by atoms with E-state index < -0.39 is 10.0 Å². The number of hydrogen-bond acceptors (Lipinski definition) is 5. The Morgan fingerprint density at radius 1 is 1.22 bits per heavy atom. The van der Waals surface area contributed by atoms with E-state index in [1.165, 1.54) is 21.5 Å². The van der Waals surface area contributed by atoms with E-state index in [9.17, 15) is 8.42 Å². The second kappa shape index (κ2) is 5.70. The van der Waals surface area contributed by atoms with Crippen LogP contribution in [0.5, 0.6) is 0 Å². The lowest BCUT2D eigenvalue weighted by atomic mass is 9.99. The van der Waals surface area contributed by atoms with Gasteiger partial charge in [-0.2, -0.15) is 4.31 Å². The smallest absolute Gasteiger partial charge is 0.260 e. The first-order chi connectivity index (χ1) is 11.1. The number of para-hydroxylation sites is 1. The number of aromatic nitrogens is 3. The molecule has 0 bridgehead atoms. The molecule has 0 unspecified atom stereocenters. The topological polar surface area (TPSA) is 79.0 Å². The number of aromatic amines is 1. The third kappa shape index (κ3) is 2.66. The molecule has 3 heterocycles. The van der Waals surface area contributed by atoms with Crippen molar-refractivity contribution >= 4 is 31.6 Å². The zero-order chi connectivity index (χ0) is 15.9. The number of nitrogens with one attached hydrogen (secondary N) is 1. The van der Waals surface area contributed by atoms with Crippen molar-refractivity contribution in [2.45, 2.75) is 23.8 Å². The van der Waals surface area contributed by atoms with Crippen LogP contribution in [0.2, 0.25) is 0 Å². The summed E-state index contributed by atoms with van der Waals surface area (Å²) in [7, 11) is -3.45. The highest BCUT2D eigenvalue weighted by atomic mass is 32.2. The fourth-order valence-electron chi connectivity index (χ4n) is 2.93. The number of imidazole rings is 1. The van der Waals surface area contributed by atoms with Crippen LogP contribution in [0.25, 0.3) is 10.2 Å². The minimum atomic E-state index is -3.45. The van der Waals surface area contributed by atoms with Gasteiger partial charge in [0.1, 0.15) is 0 Å². The van der Waals surface area contributed by atoms with Gasteiger partial charge in [-0.05, 0) is 25.0 Å². The molecule has 6 nitrogen and oxygen atoms in total. The van der Waals surface area contributed by atoms with Gasteiger partial charge in [0, 0.05) is 19.0 Å². The number of fused-ring (bicyclic) bond motifs is 1. The minimum absolute atomic E-state index is 0.163. The van der Waals surface area contributed by atoms with E-state index in [2.05, 4.69) is 16.0 Å². The molecule has 23 heavy (non-hydrogen) atoms. The van der Waals surface area contributed by atoms with E-state index in [4.69, 9.17) is 4.98 Å². The van der Waals surface area contributed by atoms with Crippen molar-refractivity contribution in [3.63, 3.8) is 0 Å². The molecule has 0 amide bonds. The van der Waals surface area contributed by atoms with Gasteiger partial charge >= 0.3 is 0 Å². The highest BCUT2D eigenvalue weighted by Gasteiger charge is 2.31. The van der Waals surface area contributed by atoms with E-state index in [-0.39, 0.29) is 5.03 Å². The van der Waals surface area contributed by atoms with E-state index >= 15 is 0 Å². The van der Waals surface area contributed by atoms with E-state index in [1.807, 2.05) is 18.2 Å². The first-order valence-corrected chi connectivity index (χ1v) is 9.74. The molecule has 0 saturated carbocycles. The molecule has 4 rings (SSSR count). The molecule has 3 aromatic rings. The number of thiazole rings is 1. The van der Waals surface area contributed by atoms with Crippen LogP contribution in [0.3, 0.4) is 0 Å². The molecule has 1 aliphatic heterocycles. The first kappa shape index (κ1) is 14.8. The number of sulfonamides is 1. The number of benzene rings is 1. The SMILES string of the molecule is O=S(=O)(c1cnc[nH]1)N1CCC(c2nc3ccccc3s2)CC1. The van der Waals surface area contributed by atoms with Crippen molar-refractivity contribution in [2.24, 2.45) is 0 Å². The van der Waals surface area contributed by atoms with Gasteiger partial charge in [-0.15, -0.1) is 11.3 Å². The van der Waals surface area contributed by atoms with Crippen LogP contribution >= 0.6 is 11.3 Å². The summed E-state index contributed by atoms with van der Waals surface area (Å²) in [5, 5.41) is 1.28. The molecular formula is C15H16N4O2S2. The summed E-state index contributed by atoms with van der Waals surface area (Å²) in [6.07, 6.45) is 4.34. The van der Waals surface area contributed by atoms with Crippen LogP contribution in [0, 0.1) is 0 Å². The van der Waals surface area contributed by atoms with Crippen molar-refractivity contribution in [1.82, 2.24) is 19.3 Å². The highest BCUT2D eigenvalue weighted by molar-refractivity contribution is 7.89. The second-order valence-electron chi connectivity index (χ2n) is 5.61. The average Bonchev–Trinajstić information content (AvgIpc) is 3.24. The van der Waals surface area contributed by atoms with Crippen molar-refractivity contribution in [3.05, 3.63) is 41.8 Å². The van der Waals surface area contributed by atoms with Gasteiger partial charge in [-0.1, -0.05) is 12.1 Å². The number of hydrogen-bond donors (Lipinski definition) is 1. The predicted octanol–water partition coefficient (Wildman–Crippen LogP) is 2.59. The van der Waals surface area contributed by atoms with Crippen LogP contribution in [0.4, 0.5) is 0 Å². The lowest BCUT2D eigenvalue weighted by Crippen LogP contribution is -2.38. The molecular weight excluding hydrogens is 332 g/mol. The normalized spacial score (nSPS) is 17.7. The summed E-state index contributed by atoms with van der Waals surface area (Å²) in [6.45, 7) is 1.03. The van der Waals surface area contributed by atoms with Gasteiger partial charge in [0.15, 0.2) is 5.03 Å². The molecule has 0 aliphatic carbocycles. The molecule has 1 aliphatic rings. The van der Waals surface area contributed by atoms with E-state index in [0.717, 1.165) is 23.4 Å². The Balaban J connectivity index is 1.51. The molecule has 1 saturated heterocycles. The zero-order valence-electron chi connectivity index (χ0n) is 12.3. The quantitative estimate of drug-likeness (QED) is 0.789. The molecule has 1 N–H and O–H groups in total. The fraction of sp³-hybridized carbons (Fsp3) is 0.333. The zero-order valence-corrected chi connectivity index (χ0v) is 14.0. The molecule has 8 heteroatoms. The first-order valence-electron chi connectivity index (χ1n) is 7.48. The fourth-order valence-corrected chi connectivity index (χ4v) is 5.43. The van der Waals surface area contributed by atoms with Gasteiger partial charge in [0.2, 0.25) is 0 Å². The monoisotopic (exact) mass is 348 g/mol. The maximum atomic E-state index is 12.5.